The monoisotopic (exact) mass is 257 g/mol. The normalized spacial score (nSPS) is 15.8. The summed E-state index contributed by atoms with van der Waals surface area (Å²) in [6, 6.07) is 2.28. The zero-order chi connectivity index (χ0) is 12.9. The van der Waals surface area contributed by atoms with Crippen LogP contribution < -0.4 is 5.32 Å². The van der Waals surface area contributed by atoms with Crippen LogP contribution in [-0.2, 0) is 4.74 Å². The van der Waals surface area contributed by atoms with Gasteiger partial charge in [0.15, 0.2) is 0 Å². The third-order valence-corrected chi connectivity index (χ3v) is 3.64. The number of methoxy groups -OCH3 is 1. The van der Waals surface area contributed by atoms with Gasteiger partial charge in [-0.25, -0.2) is 0 Å². The lowest BCUT2D eigenvalue weighted by molar-refractivity contribution is 0.00755. The van der Waals surface area contributed by atoms with E-state index >= 15 is 0 Å². The number of thiophene rings is 1. The van der Waals surface area contributed by atoms with Crippen molar-refractivity contribution in [2.24, 2.45) is 0 Å². The molecule has 0 radical (unpaired) electrons. The fourth-order valence-electron chi connectivity index (χ4n) is 1.79. The number of hydrogen-bond acceptors (Lipinski definition) is 4. The molecule has 0 fully saturated rings. The molecule has 2 N–H and O–H groups in total. The van der Waals surface area contributed by atoms with Gasteiger partial charge in [0.05, 0.1) is 11.7 Å². The minimum Gasteiger partial charge on any atom is -0.387 e. The number of rotatable bonds is 7. The zero-order valence-corrected chi connectivity index (χ0v) is 11.9. The third kappa shape index (κ3) is 5.17. The summed E-state index contributed by atoms with van der Waals surface area (Å²) in [5, 5.41) is 17.2. The largest absolute Gasteiger partial charge is 0.387 e. The maximum absolute atomic E-state index is 9.93. The Morgan fingerprint density at radius 1 is 1.53 bits per heavy atom. The van der Waals surface area contributed by atoms with Gasteiger partial charge in [-0.05, 0) is 49.6 Å². The van der Waals surface area contributed by atoms with Gasteiger partial charge in [0, 0.05) is 19.7 Å². The zero-order valence-electron chi connectivity index (χ0n) is 11.1. The molecule has 2 atom stereocenters. The summed E-state index contributed by atoms with van der Waals surface area (Å²) in [5.41, 5.74) is 0.862. The van der Waals surface area contributed by atoms with Gasteiger partial charge in [0.2, 0.25) is 0 Å². The van der Waals surface area contributed by atoms with Gasteiger partial charge in [-0.1, -0.05) is 0 Å². The lowest BCUT2D eigenvalue weighted by Gasteiger charge is -2.27. The van der Waals surface area contributed by atoms with Crippen molar-refractivity contribution >= 4 is 11.3 Å². The first-order valence-corrected chi connectivity index (χ1v) is 6.87. The Hall–Kier alpha value is -0.420. The maximum Gasteiger partial charge on any atom is 0.0922 e. The van der Waals surface area contributed by atoms with E-state index in [-0.39, 0.29) is 5.60 Å². The SMILES string of the molecule is COC(C)(C)CC(C)NCC(O)c1ccsc1. The first kappa shape index (κ1) is 14.6. The van der Waals surface area contributed by atoms with Gasteiger partial charge in [-0.15, -0.1) is 0 Å². The Bertz CT molecular complexity index is 311. The molecule has 1 heterocycles. The van der Waals surface area contributed by atoms with Crippen LogP contribution in [0.25, 0.3) is 0 Å². The first-order chi connectivity index (χ1) is 7.94. The number of hydrogen-bond donors (Lipinski definition) is 2. The maximum atomic E-state index is 9.93. The third-order valence-electron chi connectivity index (χ3n) is 2.94. The van der Waals surface area contributed by atoms with Crippen molar-refractivity contribution in [2.45, 2.75) is 44.9 Å². The van der Waals surface area contributed by atoms with E-state index in [2.05, 4.69) is 26.1 Å². The first-order valence-electron chi connectivity index (χ1n) is 5.93. The van der Waals surface area contributed by atoms with Crippen LogP contribution in [0, 0.1) is 0 Å². The average molecular weight is 257 g/mol. The van der Waals surface area contributed by atoms with E-state index in [4.69, 9.17) is 4.74 Å². The molecule has 4 heteroatoms. The highest BCUT2D eigenvalue weighted by molar-refractivity contribution is 7.07. The summed E-state index contributed by atoms with van der Waals surface area (Å²) in [4.78, 5) is 0. The van der Waals surface area contributed by atoms with E-state index in [9.17, 15) is 5.11 Å². The van der Waals surface area contributed by atoms with Crippen LogP contribution in [0.4, 0.5) is 0 Å². The highest BCUT2D eigenvalue weighted by atomic mass is 32.1. The molecule has 0 aromatic carbocycles. The second kappa shape index (κ2) is 6.50. The summed E-state index contributed by atoms with van der Waals surface area (Å²) in [7, 11) is 1.73. The number of aliphatic hydroxyl groups is 1. The predicted molar refractivity (Wildman–Crippen MR) is 72.4 cm³/mol. The highest BCUT2D eigenvalue weighted by Gasteiger charge is 2.20. The van der Waals surface area contributed by atoms with E-state index < -0.39 is 6.10 Å². The molecule has 98 valence electrons. The van der Waals surface area contributed by atoms with Crippen molar-refractivity contribution in [3.8, 4) is 0 Å². The summed E-state index contributed by atoms with van der Waals surface area (Å²) >= 11 is 1.61. The lowest BCUT2D eigenvalue weighted by atomic mass is 9.99. The van der Waals surface area contributed by atoms with Crippen molar-refractivity contribution < 1.29 is 9.84 Å². The highest BCUT2D eigenvalue weighted by Crippen LogP contribution is 2.17. The molecule has 17 heavy (non-hydrogen) atoms. The molecule has 1 aromatic rings. The Balaban J connectivity index is 2.31. The molecule has 0 amide bonds. The fourth-order valence-corrected chi connectivity index (χ4v) is 2.50. The second-order valence-electron chi connectivity index (χ2n) is 5.05. The van der Waals surface area contributed by atoms with E-state index in [1.807, 2.05) is 16.8 Å². The molecule has 0 saturated heterocycles. The van der Waals surface area contributed by atoms with Crippen molar-refractivity contribution in [2.75, 3.05) is 13.7 Å². The smallest absolute Gasteiger partial charge is 0.0922 e. The molecule has 1 aromatic heterocycles. The van der Waals surface area contributed by atoms with Crippen LogP contribution in [0.5, 0.6) is 0 Å². The quantitative estimate of drug-likeness (QED) is 0.789. The molecular weight excluding hydrogens is 234 g/mol. The predicted octanol–water partition coefficient (Wildman–Crippen LogP) is 2.57. The van der Waals surface area contributed by atoms with Crippen LogP contribution in [0.2, 0.25) is 0 Å². The van der Waals surface area contributed by atoms with Gasteiger partial charge < -0.3 is 15.2 Å². The topological polar surface area (TPSA) is 41.5 Å². The Labute approximate surface area is 108 Å². The van der Waals surface area contributed by atoms with Crippen molar-refractivity contribution in [1.29, 1.82) is 0 Å². The summed E-state index contributed by atoms with van der Waals surface area (Å²) in [5.74, 6) is 0. The van der Waals surface area contributed by atoms with Crippen LogP contribution in [-0.4, -0.2) is 30.4 Å². The van der Waals surface area contributed by atoms with Crippen LogP contribution in [0.15, 0.2) is 16.8 Å². The lowest BCUT2D eigenvalue weighted by Crippen LogP contribution is -2.37. The molecule has 0 aliphatic rings. The molecule has 2 unspecified atom stereocenters. The van der Waals surface area contributed by atoms with Gasteiger partial charge >= 0.3 is 0 Å². The summed E-state index contributed by atoms with van der Waals surface area (Å²) < 4.78 is 5.39. The number of ether oxygens (including phenoxy) is 1. The van der Waals surface area contributed by atoms with E-state index in [1.54, 1.807) is 18.4 Å². The molecule has 0 spiro atoms. The standard InChI is InChI=1S/C13H23NO2S/c1-10(7-13(2,3)16-4)14-8-12(15)11-5-6-17-9-11/h5-6,9-10,12,14-15H,7-8H2,1-4H3. The van der Waals surface area contributed by atoms with Gasteiger partial charge in [0.25, 0.3) is 0 Å². The van der Waals surface area contributed by atoms with Crippen LogP contribution >= 0.6 is 11.3 Å². The Kier molecular flexibility index (Phi) is 5.59. The molecule has 0 aliphatic carbocycles. The minimum atomic E-state index is -0.422. The summed E-state index contributed by atoms with van der Waals surface area (Å²) in [6.45, 7) is 6.83. The Morgan fingerprint density at radius 3 is 2.76 bits per heavy atom. The van der Waals surface area contributed by atoms with E-state index in [0.29, 0.717) is 12.6 Å². The molecular formula is C13H23NO2S. The van der Waals surface area contributed by atoms with Crippen molar-refractivity contribution in [3.05, 3.63) is 22.4 Å². The molecule has 3 nitrogen and oxygen atoms in total. The van der Waals surface area contributed by atoms with Crippen LogP contribution in [0.3, 0.4) is 0 Å². The molecule has 0 saturated carbocycles. The molecule has 1 rings (SSSR count). The van der Waals surface area contributed by atoms with Gasteiger partial charge in [0.1, 0.15) is 0 Å². The minimum absolute atomic E-state index is 0.125. The van der Waals surface area contributed by atoms with E-state index in [1.165, 1.54) is 0 Å². The fraction of sp³-hybridized carbons (Fsp3) is 0.692. The summed E-state index contributed by atoms with van der Waals surface area (Å²) in [6.07, 6.45) is 0.495. The number of nitrogens with one attached hydrogen (secondary N) is 1. The average Bonchev–Trinajstić information content (AvgIpc) is 2.78. The molecule has 0 aliphatic heterocycles. The Morgan fingerprint density at radius 2 is 2.24 bits per heavy atom. The van der Waals surface area contributed by atoms with Crippen molar-refractivity contribution in [3.63, 3.8) is 0 Å². The second-order valence-corrected chi connectivity index (χ2v) is 5.83. The molecule has 0 bridgehead atoms. The van der Waals surface area contributed by atoms with Gasteiger partial charge in [-0.3, -0.25) is 0 Å². The van der Waals surface area contributed by atoms with Crippen LogP contribution in [0.1, 0.15) is 38.9 Å². The number of aliphatic hydroxyl groups excluding tert-OH is 1. The van der Waals surface area contributed by atoms with E-state index in [0.717, 1.165) is 12.0 Å². The van der Waals surface area contributed by atoms with Gasteiger partial charge in [-0.2, -0.15) is 11.3 Å². The van der Waals surface area contributed by atoms with Crippen molar-refractivity contribution in [1.82, 2.24) is 5.32 Å².